The van der Waals surface area contributed by atoms with Gasteiger partial charge in [-0.15, -0.1) is 11.3 Å². The summed E-state index contributed by atoms with van der Waals surface area (Å²) in [4.78, 5) is 2.68. The number of aryl methyl sites for hydroxylation is 1. The largest absolute Gasteiger partial charge is 0.140 e. The Labute approximate surface area is 106 Å². The molecule has 1 aromatic heterocycles. The molecule has 0 saturated carbocycles. The fraction of sp³-hybridized carbons (Fsp3) is 0.467. The third-order valence-electron chi connectivity index (χ3n) is 1.77. The lowest BCUT2D eigenvalue weighted by atomic mass is 10.1. The lowest BCUT2D eigenvalue weighted by molar-refractivity contribution is 1.19. The average Bonchev–Trinajstić information content (AvgIpc) is 2.77. The summed E-state index contributed by atoms with van der Waals surface area (Å²) in [5, 5.41) is 0. The van der Waals surface area contributed by atoms with Gasteiger partial charge in [-0.3, -0.25) is 0 Å². The minimum Gasteiger partial charge on any atom is -0.140 e. The summed E-state index contributed by atoms with van der Waals surface area (Å²) >= 11 is 1.82. The number of rotatable bonds is 3. The van der Waals surface area contributed by atoms with E-state index in [1.54, 1.807) is 0 Å². The van der Waals surface area contributed by atoms with Crippen molar-refractivity contribution < 1.29 is 0 Å². The van der Waals surface area contributed by atoms with E-state index >= 15 is 0 Å². The predicted octanol–water partition coefficient (Wildman–Crippen LogP) is 6.04. The molecule has 0 amide bonds. The van der Waals surface area contributed by atoms with E-state index in [0.717, 1.165) is 12.0 Å². The Morgan fingerprint density at radius 1 is 1.31 bits per heavy atom. The Hall–Kier alpha value is -0.820. The van der Waals surface area contributed by atoms with Crippen LogP contribution in [0.25, 0.3) is 11.6 Å². The summed E-state index contributed by atoms with van der Waals surface area (Å²) in [5.41, 5.74) is 2.36. The summed E-state index contributed by atoms with van der Waals surface area (Å²) in [7, 11) is 0. The molecule has 1 heterocycles. The van der Waals surface area contributed by atoms with E-state index in [1.807, 2.05) is 52.0 Å². The number of allylic oxidation sites excluding steroid dienone is 1. The standard InChI is InChI=1S/C11H14S.2C2H6/c1-5-9-7-10(6-2)12-11(9)8(3)4;2*1-2/h5,7H,1,3,6H2,2,4H3;2*1-2H3. The maximum Gasteiger partial charge on any atom is 0.0368 e. The van der Waals surface area contributed by atoms with Crippen LogP contribution >= 0.6 is 11.3 Å². The van der Waals surface area contributed by atoms with Crippen LogP contribution in [0.4, 0.5) is 0 Å². The fourth-order valence-corrected chi connectivity index (χ4v) is 2.14. The second kappa shape index (κ2) is 10.7. The van der Waals surface area contributed by atoms with E-state index in [-0.39, 0.29) is 0 Å². The van der Waals surface area contributed by atoms with Crippen LogP contribution in [-0.2, 0) is 6.42 Å². The summed E-state index contributed by atoms with van der Waals surface area (Å²) in [5.74, 6) is 0. The van der Waals surface area contributed by atoms with Crippen LogP contribution in [0.3, 0.4) is 0 Å². The van der Waals surface area contributed by atoms with Crippen LogP contribution < -0.4 is 0 Å². The molecule has 16 heavy (non-hydrogen) atoms. The first-order chi connectivity index (χ1) is 7.69. The van der Waals surface area contributed by atoms with Gasteiger partial charge < -0.3 is 0 Å². The van der Waals surface area contributed by atoms with Gasteiger partial charge in [0.2, 0.25) is 0 Å². The Kier molecular flexibility index (Phi) is 11.7. The smallest absolute Gasteiger partial charge is 0.0368 e. The molecule has 0 bridgehead atoms. The molecule has 0 radical (unpaired) electrons. The minimum atomic E-state index is 1.10. The van der Waals surface area contributed by atoms with Crippen molar-refractivity contribution in [3.8, 4) is 0 Å². The van der Waals surface area contributed by atoms with Gasteiger partial charge in [-0.1, -0.05) is 53.9 Å². The average molecular weight is 238 g/mol. The van der Waals surface area contributed by atoms with Crippen molar-refractivity contribution in [3.05, 3.63) is 34.5 Å². The van der Waals surface area contributed by atoms with Gasteiger partial charge in [0.25, 0.3) is 0 Å². The molecule has 0 saturated heterocycles. The normalized spacial score (nSPS) is 8.12. The van der Waals surface area contributed by atoms with Gasteiger partial charge in [0.1, 0.15) is 0 Å². The monoisotopic (exact) mass is 238 g/mol. The van der Waals surface area contributed by atoms with Gasteiger partial charge in [-0.25, -0.2) is 0 Å². The van der Waals surface area contributed by atoms with Crippen LogP contribution in [0.5, 0.6) is 0 Å². The molecule has 1 rings (SSSR count). The van der Waals surface area contributed by atoms with E-state index in [2.05, 4.69) is 26.1 Å². The zero-order valence-corrected chi connectivity index (χ0v) is 12.5. The van der Waals surface area contributed by atoms with Crippen molar-refractivity contribution in [1.82, 2.24) is 0 Å². The van der Waals surface area contributed by atoms with Crippen LogP contribution in [0.1, 0.15) is 56.9 Å². The molecule has 0 nitrogen and oxygen atoms in total. The minimum absolute atomic E-state index is 1.10. The van der Waals surface area contributed by atoms with Crippen molar-refractivity contribution in [3.63, 3.8) is 0 Å². The highest BCUT2D eigenvalue weighted by Gasteiger charge is 2.05. The molecule has 0 aliphatic heterocycles. The lowest BCUT2D eigenvalue weighted by Gasteiger charge is -1.94. The second-order valence-corrected chi connectivity index (χ2v) is 3.97. The summed E-state index contributed by atoms with van der Waals surface area (Å²) < 4.78 is 0. The third-order valence-corrected chi connectivity index (χ3v) is 3.22. The van der Waals surface area contributed by atoms with E-state index in [9.17, 15) is 0 Å². The molecule has 0 aliphatic carbocycles. The summed E-state index contributed by atoms with van der Waals surface area (Å²) in [6, 6.07) is 2.20. The van der Waals surface area contributed by atoms with Crippen molar-refractivity contribution in [2.24, 2.45) is 0 Å². The predicted molar refractivity (Wildman–Crippen MR) is 81.2 cm³/mol. The molecular weight excluding hydrogens is 212 g/mol. The van der Waals surface area contributed by atoms with Gasteiger partial charge in [-0.2, -0.15) is 0 Å². The highest BCUT2D eigenvalue weighted by molar-refractivity contribution is 7.13. The molecule has 0 aromatic carbocycles. The number of hydrogen-bond donors (Lipinski definition) is 0. The van der Waals surface area contributed by atoms with Crippen LogP contribution in [0.2, 0.25) is 0 Å². The van der Waals surface area contributed by atoms with Crippen LogP contribution in [-0.4, -0.2) is 0 Å². The maximum absolute atomic E-state index is 3.94. The third kappa shape index (κ3) is 5.32. The molecule has 92 valence electrons. The topological polar surface area (TPSA) is 0 Å². The lowest BCUT2D eigenvalue weighted by Crippen LogP contribution is -1.72. The molecule has 0 spiro atoms. The number of thiophene rings is 1. The first kappa shape index (κ1) is 17.6. The van der Waals surface area contributed by atoms with Crippen molar-refractivity contribution in [2.75, 3.05) is 0 Å². The zero-order chi connectivity index (χ0) is 13.1. The van der Waals surface area contributed by atoms with E-state index in [1.165, 1.54) is 15.3 Å². The molecule has 1 aromatic rings. The molecule has 0 fully saturated rings. The fourth-order valence-electron chi connectivity index (χ4n) is 1.12. The molecule has 0 unspecified atom stereocenters. The Morgan fingerprint density at radius 3 is 2.06 bits per heavy atom. The molecule has 1 heteroatoms. The summed E-state index contributed by atoms with van der Waals surface area (Å²) in [6.07, 6.45) is 3.00. The van der Waals surface area contributed by atoms with Crippen molar-refractivity contribution >= 4 is 23.0 Å². The molecule has 0 atom stereocenters. The number of hydrogen-bond acceptors (Lipinski definition) is 1. The molecular formula is C15H26S. The van der Waals surface area contributed by atoms with Crippen LogP contribution in [0, 0.1) is 0 Å². The maximum atomic E-state index is 3.94. The first-order valence-corrected chi connectivity index (χ1v) is 6.91. The first-order valence-electron chi connectivity index (χ1n) is 6.10. The van der Waals surface area contributed by atoms with E-state index in [0.29, 0.717) is 0 Å². The Bertz CT molecular complexity index is 305. The Morgan fingerprint density at radius 2 is 1.81 bits per heavy atom. The van der Waals surface area contributed by atoms with Crippen molar-refractivity contribution in [2.45, 2.75) is 48.0 Å². The van der Waals surface area contributed by atoms with Gasteiger partial charge in [0.15, 0.2) is 0 Å². The SMILES string of the molecule is C=Cc1cc(CC)sc1C(=C)C.CC.CC. The van der Waals surface area contributed by atoms with E-state index in [4.69, 9.17) is 0 Å². The highest BCUT2D eigenvalue weighted by Crippen LogP contribution is 2.29. The van der Waals surface area contributed by atoms with Gasteiger partial charge in [0.05, 0.1) is 0 Å². The molecule has 0 aliphatic rings. The summed E-state index contributed by atoms with van der Waals surface area (Å²) in [6.45, 7) is 19.9. The van der Waals surface area contributed by atoms with E-state index < -0.39 is 0 Å². The van der Waals surface area contributed by atoms with Crippen molar-refractivity contribution in [1.29, 1.82) is 0 Å². The quantitative estimate of drug-likeness (QED) is 0.602. The second-order valence-electron chi connectivity index (χ2n) is 2.84. The zero-order valence-electron chi connectivity index (χ0n) is 11.7. The molecule has 0 N–H and O–H groups in total. The Balaban J connectivity index is 0. The van der Waals surface area contributed by atoms with Gasteiger partial charge >= 0.3 is 0 Å². The van der Waals surface area contributed by atoms with Gasteiger partial charge in [-0.05, 0) is 30.5 Å². The highest BCUT2D eigenvalue weighted by atomic mass is 32.1. The van der Waals surface area contributed by atoms with Crippen LogP contribution in [0.15, 0.2) is 19.2 Å². The van der Waals surface area contributed by atoms with Gasteiger partial charge in [0, 0.05) is 9.75 Å².